The van der Waals surface area contributed by atoms with Gasteiger partial charge in [-0.05, 0) is 20.8 Å². The van der Waals surface area contributed by atoms with Crippen molar-refractivity contribution < 1.29 is 19.7 Å². The van der Waals surface area contributed by atoms with Crippen molar-refractivity contribution in [2.24, 2.45) is 0 Å². The third-order valence-electron chi connectivity index (χ3n) is 4.37. The van der Waals surface area contributed by atoms with E-state index in [-0.39, 0.29) is 21.8 Å². The molecule has 13 heteroatoms. The number of hydrogen-bond donors (Lipinski definition) is 0. The van der Waals surface area contributed by atoms with Crippen LogP contribution in [0.5, 0.6) is 0 Å². The summed E-state index contributed by atoms with van der Waals surface area (Å²) in [5.41, 5.74) is -3.58. The molecule has 0 radical (unpaired) electrons. The van der Waals surface area contributed by atoms with Crippen molar-refractivity contribution in [3.63, 3.8) is 0 Å². The summed E-state index contributed by atoms with van der Waals surface area (Å²) in [6, 6.07) is 3.59. The van der Waals surface area contributed by atoms with Gasteiger partial charge in [0, 0.05) is 28.4 Å². The molecule has 0 atom stereocenters. The molecule has 0 amide bonds. The van der Waals surface area contributed by atoms with Crippen LogP contribution in [0.3, 0.4) is 0 Å². The number of non-ortho nitro benzene ring substituents is 4. The van der Waals surface area contributed by atoms with Crippen molar-refractivity contribution in [3.8, 4) is 0 Å². The van der Waals surface area contributed by atoms with Crippen molar-refractivity contribution in [3.05, 3.63) is 64.7 Å². The predicted molar refractivity (Wildman–Crippen MR) is 101 cm³/mol. The molecule has 29 heavy (non-hydrogen) atoms. The number of fused-ring (bicyclic) bond motifs is 3. The second-order valence-electron chi connectivity index (χ2n) is 7.26. The zero-order valence-corrected chi connectivity index (χ0v) is 15.3. The summed E-state index contributed by atoms with van der Waals surface area (Å²) < 4.78 is 1.32. The molecule has 0 saturated heterocycles. The van der Waals surface area contributed by atoms with Gasteiger partial charge in [-0.3, -0.25) is 40.5 Å². The van der Waals surface area contributed by atoms with Crippen LogP contribution in [0.4, 0.5) is 22.7 Å². The van der Waals surface area contributed by atoms with E-state index in [1.54, 1.807) is 20.8 Å². The van der Waals surface area contributed by atoms with Crippen molar-refractivity contribution in [2.75, 3.05) is 0 Å². The first-order valence-electron chi connectivity index (χ1n) is 8.09. The minimum atomic E-state index is -0.929. The minimum absolute atomic E-state index is 0.0531. The van der Waals surface area contributed by atoms with Gasteiger partial charge in [0.1, 0.15) is 11.0 Å². The summed E-state index contributed by atoms with van der Waals surface area (Å²) in [7, 11) is 0. The predicted octanol–water partition coefficient (Wildman–Crippen LogP) is 4.18. The molecule has 150 valence electrons. The molecule has 3 rings (SSSR count). The molecular formula is C16H13N5O8. The number of nitro benzene ring substituents is 4. The van der Waals surface area contributed by atoms with E-state index < -0.39 is 48.0 Å². The standard InChI is InChI=1S/C16H13N5O8/c1-16(2,3)17-14-10(4-8(18(22)23)6-12(14)20(26)27)11-5-9(19(24)25)7-13(15(11)17)21(28)29/h4-7H,1-3H3. The highest BCUT2D eigenvalue weighted by atomic mass is 16.6. The van der Waals surface area contributed by atoms with Gasteiger partial charge in [-0.15, -0.1) is 0 Å². The van der Waals surface area contributed by atoms with Crippen LogP contribution in [0, 0.1) is 40.5 Å². The van der Waals surface area contributed by atoms with Crippen LogP contribution in [-0.4, -0.2) is 24.3 Å². The van der Waals surface area contributed by atoms with Crippen LogP contribution in [0.15, 0.2) is 24.3 Å². The lowest BCUT2D eigenvalue weighted by atomic mass is 10.1. The van der Waals surface area contributed by atoms with Gasteiger partial charge in [-0.1, -0.05) is 0 Å². The third kappa shape index (κ3) is 2.97. The van der Waals surface area contributed by atoms with E-state index in [0.717, 1.165) is 24.3 Å². The molecule has 0 bridgehead atoms. The maximum absolute atomic E-state index is 11.7. The molecule has 0 aliphatic rings. The van der Waals surface area contributed by atoms with Crippen molar-refractivity contribution in [1.29, 1.82) is 0 Å². The van der Waals surface area contributed by atoms with Crippen LogP contribution < -0.4 is 0 Å². The van der Waals surface area contributed by atoms with Crippen molar-refractivity contribution in [1.82, 2.24) is 4.57 Å². The summed E-state index contributed by atoms with van der Waals surface area (Å²) in [6.45, 7) is 4.92. The Morgan fingerprint density at radius 3 is 1.24 bits per heavy atom. The normalized spacial score (nSPS) is 11.7. The Morgan fingerprint density at radius 1 is 0.655 bits per heavy atom. The smallest absolute Gasteiger partial charge is 0.300 e. The van der Waals surface area contributed by atoms with E-state index in [1.807, 2.05) is 0 Å². The first kappa shape index (κ1) is 19.6. The number of nitrogens with zero attached hydrogens (tertiary/aromatic N) is 5. The summed E-state index contributed by atoms with van der Waals surface area (Å²) in [6.07, 6.45) is 0. The van der Waals surface area contributed by atoms with E-state index in [4.69, 9.17) is 0 Å². The second kappa shape index (κ2) is 6.19. The lowest BCUT2D eigenvalue weighted by Gasteiger charge is -2.23. The Labute approximate surface area is 160 Å². The topological polar surface area (TPSA) is 177 Å². The zero-order chi connectivity index (χ0) is 21.8. The Kier molecular flexibility index (Phi) is 4.18. The van der Waals surface area contributed by atoms with Gasteiger partial charge in [0.05, 0.1) is 31.8 Å². The van der Waals surface area contributed by atoms with Gasteiger partial charge < -0.3 is 4.57 Å². The maximum atomic E-state index is 11.7. The average Bonchev–Trinajstić information content (AvgIpc) is 2.93. The van der Waals surface area contributed by atoms with Crippen molar-refractivity contribution in [2.45, 2.75) is 26.3 Å². The summed E-state index contributed by atoms with van der Waals surface area (Å²) >= 11 is 0. The molecule has 0 fully saturated rings. The van der Waals surface area contributed by atoms with E-state index in [9.17, 15) is 40.5 Å². The Hall–Kier alpha value is -4.16. The first-order valence-corrected chi connectivity index (χ1v) is 8.09. The van der Waals surface area contributed by atoms with E-state index in [2.05, 4.69) is 0 Å². The van der Waals surface area contributed by atoms with Gasteiger partial charge in [-0.2, -0.15) is 0 Å². The molecule has 0 aliphatic heterocycles. The Bertz CT molecular complexity index is 1160. The van der Waals surface area contributed by atoms with Crippen LogP contribution in [-0.2, 0) is 5.54 Å². The zero-order valence-electron chi connectivity index (χ0n) is 15.3. The van der Waals surface area contributed by atoms with Gasteiger partial charge in [0.25, 0.3) is 22.7 Å². The molecule has 0 unspecified atom stereocenters. The molecule has 3 aromatic rings. The highest BCUT2D eigenvalue weighted by molar-refractivity contribution is 6.15. The van der Waals surface area contributed by atoms with E-state index >= 15 is 0 Å². The number of nitro groups is 4. The molecule has 0 spiro atoms. The van der Waals surface area contributed by atoms with Crippen molar-refractivity contribution >= 4 is 44.6 Å². The SMILES string of the molecule is CC(C)(C)n1c2c([N+](=O)[O-])cc([N+](=O)[O-])cc2c2cc([N+](=O)[O-])cc([N+](=O)[O-])c21. The van der Waals surface area contributed by atoms with Crippen LogP contribution in [0.1, 0.15) is 20.8 Å². The summed E-state index contributed by atoms with van der Waals surface area (Å²) in [5.74, 6) is 0. The average molecular weight is 403 g/mol. The third-order valence-corrected chi connectivity index (χ3v) is 4.37. The quantitative estimate of drug-likeness (QED) is 0.459. The number of aromatic nitrogens is 1. The molecule has 0 N–H and O–H groups in total. The highest BCUT2D eigenvalue weighted by Gasteiger charge is 2.34. The van der Waals surface area contributed by atoms with Crippen LogP contribution >= 0.6 is 0 Å². The Morgan fingerprint density at radius 2 is 1.00 bits per heavy atom. The summed E-state index contributed by atoms with van der Waals surface area (Å²) in [5, 5.41) is 45.8. The van der Waals surface area contributed by atoms with Gasteiger partial charge >= 0.3 is 0 Å². The fourth-order valence-corrected chi connectivity index (χ4v) is 3.36. The van der Waals surface area contributed by atoms with Gasteiger partial charge in [-0.25, -0.2) is 0 Å². The molecule has 13 nitrogen and oxygen atoms in total. The van der Waals surface area contributed by atoms with Crippen LogP contribution in [0.25, 0.3) is 21.8 Å². The van der Waals surface area contributed by atoms with E-state index in [0.29, 0.717) is 0 Å². The minimum Gasteiger partial charge on any atom is -0.324 e. The lowest BCUT2D eigenvalue weighted by Crippen LogP contribution is -2.22. The highest BCUT2D eigenvalue weighted by Crippen LogP contribution is 2.45. The first-order chi connectivity index (χ1) is 13.3. The molecular weight excluding hydrogens is 390 g/mol. The molecule has 1 heterocycles. The van der Waals surface area contributed by atoms with E-state index in [1.165, 1.54) is 4.57 Å². The Balaban J connectivity index is 2.76. The second-order valence-corrected chi connectivity index (χ2v) is 7.26. The molecule has 1 aromatic heterocycles. The number of hydrogen-bond acceptors (Lipinski definition) is 8. The fourth-order valence-electron chi connectivity index (χ4n) is 3.36. The maximum Gasteiger partial charge on any atom is 0.300 e. The van der Waals surface area contributed by atoms with Crippen LogP contribution in [0.2, 0.25) is 0 Å². The molecule has 0 aliphatic carbocycles. The molecule has 0 saturated carbocycles. The number of rotatable bonds is 4. The van der Waals surface area contributed by atoms with Gasteiger partial charge in [0.15, 0.2) is 0 Å². The number of benzene rings is 2. The summed E-state index contributed by atoms with van der Waals surface area (Å²) in [4.78, 5) is 42.6. The van der Waals surface area contributed by atoms with Gasteiger partial charge in [0.2, 0.25) is 0 Å². The monoisotopic (exact) mass is 403 g/mol. The fraction of sp³-hybridized carbons (Fsp3) is 0.250. The largest absolute Gasteiger partial charge is 0.324 e. The molecule has 2 aromatic carbocycles. The lowest BCUT2D eigenvalue weighted by molar-refractivity contribution is -0.393.